The van der Waals surface area contributed by atoms with Crippen molar-refractivity contribution in [3.8, 4) is 0 Å². The number of hydrogen-bond acceptors (Lipinski definition) is 4. The molecular weight excluding hydrogens is 178 g/mol. The van der Waals surface area contributed by atoms with Crippen molar-refractivity contribution in [1.82, 2.24) is 10.6 Å². The molecule has 1 rings (SSSR count). The average Bonchev–Trinajstić information content (AvgIpc) is 2.50. The summed E-state index contributed by atoms with van der Waals surface area (Å²) in [7, 11) is 0. The van der Waals surface area contributed by atoms with Gasteiger partial charge in [0.1, 0.15) is 0 Å². The first-order chi connectivity index (χ1) is 6.33. The lowest BCUT2D eigenvalue weighted by Gasteiger charge is -2.37. The normalized spacial score (nSPS) is 17.6. The van der Waals surface area contributed by atoms with Gasteiger partial charge in [-0.1, -0.05) is 13.8 Å². The van der Waals surface area contributed by atoms with Crippen LogP contribution >= 0.6 is 0 Å². The van der Waals surface area contributed by atoms with Gasteiger partial charge in [-0.25, -0.2) is 0 Å². The Morgan fingerprint density at radius 2 is 2.07 bits per heavy atom. The van der Waals surface area contributed by atoms with E-state index in [2.05, 4.69) is 15.6 Å². The summed E-state index contributed by atoms with van der Waals surface area (Å²) in [5.74, 6) is 0.849. The molecule has 0 amide bonds. The van der Waals surface area contributed by atoms with Crippen molar-refractivity contribution in [2.24, 2.45) is 10.4 Å². The van der Waals surface area contributed by atoms with Gasteiger partial charge >= 0.3 is 0 Å². The molecule has 1 aliphatic rings. The Balaban J connectivity index is 2.43. The van der Waals surface area contributed by atoms with Crippen molar-refractivity contribution >= 4 is 5.96 Å². The second-order valence-electron chi connectivity index (χ2n) is 4.95. The van der Waals surface area contributed by atoms with Gasteiger partial charge in [0.15, 0.2) is 5.96 Å². The molecule has 0 fully saturated rings. The lowest BCUT2D eigenvalue weighted by atomic mass is 9.77. The maximum atomic E-state index is 9.92. The van der Waals surface area contributed by atoms with Gasteiger partial charge in [0.25, 0.3) is 0 Å². The molecule has 4 heteroatoms. The minimum Gasteiger partial charge on any atom is -0.390 e. The first kappa shape index (κ1) is 11.3. The lowest BCUT2D eigenvalue weighted by Crippen LogP contribution is -2.48. The fraction of sp³-hybridized carbons (Fsp3) is 0.900. The van der Waals surface area contributed by atoms with E-state index in [0.29, 0.717) is 6.54 Å². The predicted octanol–water partition coefficient (Wildman–Crippen LogP) is 0.332. The van der Waals surface area contributed by atoms with Gasteiger partial charge in [0, 0.05) is 18.5 Å². The number of aliphatic imine (C=N–C) groups is 1. The van der Waals surface area contributed by atoms with Crippen LogP contribution in [0.5, 0.6) is 0 Å². The van der Waals surface area contributed by atoms with Crippen molar-refractivity contribution in [3.05, 3.63) is 0 Å². The highest BCUT2D eigenvalue weighted by atomic mass is 16.3. The molecule has 4 nitrogen and oxygen atoms in total. The summed E-state index contributed by atoms with van der Waals surface area (Å²) >= 11 is 0. The molecule has 0 bridgehead atoms. The van der Waals surface area contributed by atoms with E-state index >= 15 is 0 Å². The molecule has 0 saturated heterocycles. The van der Waals surface area contributed by atoms with E-state index in [0.717, 1.165) is 19.0 Å². The van der Waals surface area contributed by atoms with Crippen molar-refractivity contribution in [2.75, 3.05) is 19.6 Å². The number of nitrogens with one attached hydrogen (secondary N) is 2. The van der Waals surface area contributed by atoms with Gasteiger partial charge in [-0.2, -0.15) is 0 Å². The summed E-state index contributed by atoms with van der Waals surface area (Å²) in [6, 6.07) is 0. The highest BCUT2D eigenvalue weighted by molar-refractivity contribution is 5.81. The molecule has 0 unspecified atom stereocenters. The van der Waals surface area contributed by atoms with E-state index in [4.69, 9.17) is 0 Å². The van der Waals surface area contributed by atoms with Gasteiger partial charge < -0.3 is 15.7 Å². The Morgan fingerprint density at radius 1 is 1.43 bits per heavy atom. The average molecular weight is 199 g/mol. The van der Waals surface area contributed by atoms with E-state index in [-0.39, 0.29) is 5.41 Å². The summed E-state index contributed by atoms with van der Waals surface area (Å²) in [6.07, 6.45) is 0. The van der Waals surface area contributed by atoms with Crippen molar-refractivity contribution in [2.45, 2.75) is 33.3 Å². The fourth-order valence-corrected chi connectivity index (χ4v) is 1.04. The summed E-state index contributed by atoms with van der Waals surface area (Å²) < 4.78 is 0. The molecular formula is C10H21N3O. The number of nitrogens with zero attached hydrogens (tertiary/aromatic N) is 1. The van der Waals surface area contributed by atoms with E-state index in [1.807, 2.05) is 27.7 Å². The molecule has 0 aromatic rings. The molecule has 0 saturated carbocycles. The molecule has 3 N–H and O–H groups in total. The Kier molecular flexibility index (Phi) is 3.04. The Labute approximate surface area is 85.8 Å². The third kappa shape index (κ3) is 2.61. The van der Waals surface area contributed by atoms with Crippen LogP contribution in [0.15, 0.2) is 4.99 Å². The third-order valence-corrected chi connectivity index (χ3v) is 3.03. The van der Waals surface area contributed by atoms with Crippen LogP contribution in [0.1, 0.15) is 27.7 Å². The van der Waals surface area contributed by atoms with Crippen molar-refractivity contribution < 1.29 is 5.11 Å². The second kappa shape index (κ2) is 3.77. The van der Waals surface area contributed by atoms with Crippen LogP contribution in [-0.4, -0.2) is 36.3 Å². The minimum absolute atomic E-state index is 0.181. The molecule has 14 heavy (non-hydrogen) atoms. The highest BCUT2D eigenvalue weighted by Gasteiger charge is 2.34. The third-order valence-electron chi connectivity index (χ3n) is 3.03. The summed E-state index contributed by atoms with van der Waals surface area (Å²) in [5, 5.41) is 16.3. The molecule has 1 aliphatic heterocycles. The zero-order valence-corrected chi connectivity index (χ0v) is 9.52. The summed E-state index contributed by atoms with van der Waals surface area (Å²) in [4.78, 5) is 4.23. The molecule has 0 aliphatic carbocycles. The van der Waals surface area contributed by atoms with Crippen LogP contribution in [0.25, 0.3) is 0 Å². The SMILES string of the molecule is CC(C)(O)C(C)(C)CNC1=NCCN1. The van der Waals surface area contributed by atoms with Crippen LogP contribution in [0.4, 0.5) is 0 Å². The Bertz CT molecular complexity index is 228. The lowest BCUT2D eigenvalue weighted by molar-refractivity contribution is -0.0316. The van der Waals surface area contributed by atoms with E-state index < -0.39 is 5.60 Å². The van der Waals surface area contributed by atoms with Gasteiger partial charge in [-0.05, 0) is 13.8 Å². The van der Waals surface area contributed by atoms with Crippen molar-refractivity contribution in [1.29, 1.82) is 0 Å². The quantitative estimate of drug-likeness (QED) is 0.614. The van der Waals surface area contributed by atoms with Crippen LogP contribution in [0.2, 0.25) is 0 Å². The van der Waals surface area contributed by atoms with Gasteiger partial charge in [-0.3, -0.25) is 4.99 Å². The molecule has 0 aromatic carbocycles. The van der Waals surface area contributed by atoms with E-state index in [9.17, 15) is 5.11 Å². The Morgan fingerprint density at radius 3 is 2.50 bits per heavy atom. The predicted molar refractivity (Wildman–Crippen MR) is 58.4 cm³/mol. The Hall–Kier alpha value is -0.770. The van der Waals surface area contributed by atoms with Gasteiger partial charge in [0.05, 0.1) is 12.1 Å². The first-order valence-corrected chi connectivity index (χ1v) is 5.07. The number of aliphatic hydroxyl groups is 1. The minimum atomic E-state index is -0.695. The monoisotopic (exact) mass is 199 g/mol. The van der Waals surface area contributed by atoms with Crippen LogP contribution in [0.3, 0.4) is 0 Å². The molecule has 0 aromatic heterocycles. The summed E-state index contributed by atoms with van der Waals surface area (Å²) in [6.45, 7) is 10.2. The van der Waals surface area contributed by atoms with Crippen LogP contribution < -0.4 is 10.6 Å². The van der Waals surface area contributed by atoms with Crippen molar-refractivity contribution in [3.63, 3.8) is 0 Å². The number of hydrogen-bond donors (Lipinski definition) is 3. The van der Waals surface area contributed by atoms with Crippen LogP contribution in [-0.2, 0) is 0 Å². The topological polar surface area (TPSA) is 56.6 Å². The molecule has 0 radical (unpaired) electrons. The van der Waals surface area contributed by atoms with E-state index in [1.54, 1.807) is 0 Å². The van der Waals surface area contributed by atoms with Gasteiger partial charge in [-0.15, -0.1) is 0 Å². The first-order valence-electron chi connectivity index (χ1n) is 5.07. The maximum absolute atomic E-state index is 9.92. The van der Waals surface area contributed by atoms with Crippen LogP contribution in [0, 0.1) is 5.41 Å². The number of guanidine groups is 1. The largest absolute Gasteiger partial charge is 0.390 e. The molecule has 0 atom stereocenters. The standard InChI is InChI=1S/C10H21N3O/c1-9(2,10(3,4)14)7-13-8-11-5-6-12-8/h14H,5-7H2,1-4H3,(H2,11,12,13). The van der Waals surface area contributed by atoms with Gasteiger partial charge in [0.2, 0.25) is 0 Å². The molecule has 1 heterocycles. The zero-order valence-electron chi connectivity index (χ0n) is 9.52. The molecule has 0 spiro atoms. The molecule has 82 valence electrons. The second-order valence-corrected chi connectivity index (χ2v) is 4.95. The summed E-state index contributed by atoms with van der Waals surface area (Å²) in [5.41, 5.74) is -0.876. The smallest absolute Gasteiger partial charge is 0.191 e. The zero-order chi connectivity index (χ0) is 10.8. The highest BCUT2D eigenvalue weighted by Crippen LogP contribution is 2.29. The fourth-order valence-electron chi connectivity index (χ4n) is 1.04. The number of rotatable bonds is 3. The maximum Gasteiger partial charge on any atom is 0.191 e. The van der Waals surface area contributed by atoms with E-state index in [1.165, 1.54) is 0 Å².